The number of carbonyl (C=O) groups excluding carboxylic acids is 1. The minimum Gasteiger partial charge on any atom is -0.334 e. The summed E-state index contributed by atoms with van der Waals surface area (Å²) in [5, 5.41) is 2.80. The van der Waals surface area contributed by atoms with E-state index in [-0.39, 0.29) is 5.91 Å². The molecule has 2 aromatic heterocycles. The quantitative estimate of drug-likeness (QED) is 0.775. The summed E-state index contributed by atoms with van der Waals surface area (Å²) in [6.07, 6.45) is 1.73. The Labute approximate surface area is 116 Å². The fourth-order valence-electron chi connectivity index (χ4n) is 2.07. The molecule has 100 valence electrons. The van der Waals surface area contributed by atoms with Crippen molar-refractivity contribution in [2.45, 2.75) is 6.92 Å². The molecule has 0 atom stereocenters. The zero-order chi connectivity index (χ0) is 14.1. The van der Waals surface area contributed by atoms with Gasteiger partial charge in [0.25, 0.3) is 5.91 Å². The number of rotatable bonds is 2. The number of pyridine rings is 1. The Balaban J connectivity index is 1.90. The van der Waals surface area contributed by atoms with E-state index in [4.69, 9.17) is 0 Å². The largest absolute Gasteiger partial charge is 0.334 e. The lowest BCUT2D eigenvalue weighted by Gasteiger charge is -2.05. The Morgan fingerprint density at radius 1 is 1.25 bits per heavy atom. The number of imidazole rings is 1. The monoisotopic (exact) mass is 266 g/mol. The van der Waals surface area contributed by atoms with Crippen LogP contribution in [0.15, 0.2) is 42.7 Å². The zero-order valence-electron chi connectivity index (χ0n) is 11.3. The van der Waals surface area contributed by atoms with Crippen molar-refractivity contribution < 1.29 is 4.79 Å². The number of aromatic nitrogens is 3. The third-order valence-corrected chi connectivity index (χ3v) is 3.12. The number of hydrogen-bond acceptors (Lipinski definition) is 3. The molecule has 0 bridgehead atoms. The molecule has 0 saturated carbocycles. The molecule has 0 aliphatic carbocycles. The van der Waals surface area contributed by atoms with E-state index >= 15 is 0 Å². The van der Waals surface area contributed by atoms with Gasteiger partial charge in [-0.1, -0.05) is 6.07 Å². The van der Waals surface area contributed by atoms with Crippen molar-refractivity contribution >= 4 is 22.8 Å². The van der Waals surface area contributed by atoms with Crippen LogP contribution in [0.25, 0.3) is 11.0 Å². The van der Waals surface area contributed by atoms with Crippen molar-refractivity contribution in [2.75, 3.05) is 5.32 Å². The van der Waals surface area contributed by atoms with Gasteiger partial charge in [-0.15, -0.1) is 0 Å². The summed E-state index contributed by atoms with van der Waals surface area (Å²) in [5.41, 5.74) is 3.25. The number of fused-ring (bicyclic) bond motifs is 1. The van der Waals surface area contributed by atoms with Crippen molar-refractivity contribution in [1.82, 2.24) is 14.5 Å². The molecule has 5 heteroatoms. The van der Waals surface area contributed by atoms with E-state index in [0.717, 1.165) is 16.7 Å². The normalized spacial score (nSPS) is 10.7. The van der Waals surface area contributed by atoms with E-state index in [1.807, 2.05) is 42.8 Å². The summed E-state index contributed by atoms with van der Waals surface area (Å²) in [5.74, 6) is 0.381. The van der Waals surface area contributed by atoms with E-state index in [1.165, 1.54) is 0 Å². The molecule has 0 unspecified atom stereocenters. The molecule has 0 radical (unpaired) electrons. The van der Waals surface area contributed by atoms with Gasteiger partial charge < -0.3 is 9.88 Å². The zero-order valence-corrected chi connectivity index (χ0v) is 11.3. The maximum absolute atomic E-state index is 12.2. The highest BCUT2D eigenvalue weighted by atomic mass is 16.1. The van der Waals surface area contributed by atoms with Gasteiger partial charge in [-0.25, -0.2) is 9.97 Å². The second-order valence-electron chi connectivity index (χ2n) is 4.68. The molecule has 0 aliphatic rings. The van der Waals surface area contributed by atoms with E-state index in [9.17, 15) is 4.79 Å². The Morgan fingerprint density at radius 3 is 2.90 bits per heavy atom. The fourth-order valence-corrected chi connectivity index (χ4v) is 2.07. The second-order valence-corrected chi connectivity index (χ2v) is 4.68. The van der Waals surface area contributed by atoms with Gasteiger partial charge in [-0.2, -0.15) is 0 Å². The predicted octanol–water partition coefficient (Wildman–Crippen LogP) is 2.53. The minimum absolute atomic E-state index is 0.175. The molecule has 0 aliphatic heterocycles. The van der Waals surface area contributed by atoms with Crippen molar-refractivity contribution in [3.05, 3.63) is 54.0 Å². The Kier molecular flexibility index (Phi) is 2.95. The molecule has 0 saturated heterocycles. The summed E-state index contributed by atoms with van der Waals surface area (Å²) in [4.78, 5) is 20.7. The summed E-state index contributed by atoms with van der Waals surface area (Å²) < 4.78 is 1.89. The first-order valence-electron chi connectivity index (χ1n) is 6.29. The summed E-state index contributed by atoms with van der Waals surface area (Å²) in [6.45, 7) is 1.89. The molecule has 0 spiro atoms. The number of aryl methyl sites for hydroxylation is 2. The molecule has 20 heavy (non-hydrogen) atoms. The van der Waals surface area contributed by atoms with Crippen LogP contribution < -0.4 is 5.32 Å². The van der Waals surface area contributed by atoms with Crippen LogP contribution in [0, 0.1) is 6.92 Å². The average molecular weight is 266 g/mol. The summed E-state index contributed by atoms with van der Waals surface area (Å²) in [6, 6.07) is 11.0. The van der Waals surface area contributed by atoms with Crippen LogP contribution in [0.1, 0.15) is 16.1 Å². The number of nitrogens with zero attached hydrogens (tertiary/aromatic N) is 3. The molecule has 3 aromatic rings. The topological polar surface area (TPSA) is 59.8 Å². The van der Waals surface area contributed by atoms with Crippen molar-refractivity contribution in [1.29, 1.82) is 0 Å². The van der Waals surface area contributed by atoms with Crippen LogP contribution in [0.2, 0.25) is 0 Å². The molecule has 1 aromatic carbocycles. The van der Waals surface area contributed by atoms with Gasteiger partial charge in [-0.3, -0.25) is 4.79 Å². The van der Waals surface area contributed by atoms with Crippen LogP contribution in [0.3, 0.4) is 0 Å². The minimum atomic E-state index is -0.175. The standard InChI is InChI=1S/C15H14N4O/c1-10-4-3-5-14(17-10)18-15(20)11-6-7-12-13(8-11)19(2)9-16-12/h3-9H,1-2H3,(H,17,18,20). The fraction of sp³-hybridized carbons (Fsp3) is 0.133. The Morgan fingerprint density at radius 2 is 2.10 bits per heavy atom. The maximum Gasteiger partial charge on any atom is 0.256 e. The highest BCUT2D eigenvalue weighted by molar-refractivity contribution is 6.05. The lowest BCUT2D eigenvalue weighted by Crippen LogP contribution is -2.13. The second kappa shape index (κ2) is 4.77. The van der Waals surface area contributed by atoms with Crippen LogP contribution >= 0.6 is 0 Å². The molecular weight excluding hydrogens is 252 g/mol. The molecule has 1 amide bonds. The lowest BCUT2D eigenvalue weighted by molar-refractivity contribution is 0.102. The van der Waals surface area contributed by atoms with E-state index in [0.29, 0.717) is 11.4 Å². The maximum atomic E-state index is 12.2. The van der Waals surface area contributed by atoms with Gasteiger partial charge in [0.05, 0.1) is 17.4 Å². The molecular formula is C15H14N4O. The number of amides is 1. The first kappa shape index (κ1) is 12.3. The highest BCUT2D eigenvalue weighted by Crippen LogP contribution is 2.15. The highest BCUT2D eigenvalue weighted by Gasteiger charge is 2.09. The number of nitrogens with one attached hydrogen (secondary N) is 1. The van der Waals surface area contributed by atoms with Gasteiger partial charge in [0.2, 0.25) is 0 Å². The van der Waals surface area contributed by atoms with Crippen LogP contribution in [0.4, 0.5) is 5.82 Å². The van der Waals surface area contributed by atoms with E-state index in [2.05, 4.69) is 15.3 Å². The first-order chi connectivity index (χ1) is 9.63. The molecule has 3 rings (SSSR count). The predicted molar refractivity (Wildman–Crippen MR) is 77.6 cm³/mol. The molecule has 2 heterocycles. The number of benzene rings is 1. The smallest absolute Gasteiger partial charge is 0.256 e. The van der Waals surface area contributed by atoms with Crippen molar-refractivity contribution in [2.24, 2.45) is 7.05 Å². The number of hydrogen-bond donors (Lipinski definition) is 1. The average Bonchev–Trinajstić information content (AvgIpc) is 2.80. The summed E-state index contributed by atoms with van der Waals surface area (Å²) in [7, 11) is 1.90. The van der Waals surface area contributed by atoms with Crippen molar-refractivity contribution in [3.63, 3.8) is 0 Å². The number of carbonyl (C=O) groups is 1. The Bertz CT molecular complexity index is 791. The molecule has 5 nitrogen and oxygen atoms in total. The number of anilines is 1. The Hall–Kier alpha value is -2.69. The molecule has 0 fully saturated rings. The van der Waals surface area contributed by atoms with E-state index < -0.39 is 0 Å². The third-order valence-electron chi connectivity index (χ3n) is 3.12. The SMILES string of the molecule is Cc1cccc(NC(=O)c2ccc3ncn(C)c3c2)n1. The van der Waals surface area contributed by atoms with Gasteiger partial charge in [0.1, 0.15) is 5.82 Å². The van der Waals surface area contributed by atoms with E-state index in [1.54, 1.807) is 18.5 Å². The van der Waals surface area contributed by atoms with Crippen molar-refractivity contribution in [3.8, 4) is 0 Å². The van der Waals surface area contributed by atoms with Gasteiger partial charge in [0.15, 0.2) is 0 Å². The van der Waals surface area contributed by atoms with Gasteiger partial charge in [0, 0.05) is 18.3 Å². The molecule has 1 N–H and O–H groups in total. The summed E-state index contributed by atoms with van der Waals surface area (Å²) >= 11 is 0. The van der Waals surface area contributed by atoms with Gasteiger partial charge in [-0.05, 0) is 37.3 Å². The van der Waals surface area contributed by atoms with Crippen LogP contribution in [0.5, 0.6) is 0 Å². The van der Waals surface area contributed by atoms with Crippen LogP contribution in [-0.2, 0) is 7.05 Å². The van der Waals surface area contributed by atoms with Crippen LogP contribution in [-0.4, -0.2) is 20.4 Å². The first-order valence-corrected chi connectivity index (χ1v) is 6.29. The van der Waals surface area contributed by atoms with Gasteiger partial charge >= 0.3 is 0 Å². The third kappa shape index (κ3) is 2.25. The lowest BCUT2D eigenvalue weighted by atomic mass is 10.2.